The highest BCUT2D eigenvalue weighted by atomic mass is 32.2. The molecule has 2 aromatic rings. The second-order valence-corrected chi connectivity index (χ2v) is 9.88. The molecule has 3 heterocycles. The third-order valence-electron chi connectivity index (χ3n) is 5.20. The van der Waals surface area contributed by atoms with E-state index in [-0.39, 0.29) is 12.5 Å². The van der Waals surface area contributed by atoms with Crippen molar-refractivity contribution in [3.8, 4) is 11.3 Å². The van der Waals surface area contributed by atoms with E-state index in [1.54, 1.807) is 18.2 Å². The first-order valence-corrected chi connectivity index (χ1v) is 10.8. The summed E-state index contributed by atoms with van der Waals surface area (Å²) < 4.78 is 32.0. The molecule has 2 aromatic heterocycles. The van der Waals surface area contributed by atoms with E-state index in [2.05, 4.69) is 5.16 Å². The number of aliphatic hydroxyl groups excluding tert-OH is 1. The Balaban J connectivity index is 1.97. The van der Waals surface area contributed by atoms with Crippen molar-refractivity contribution in [3.63, 3.8) is 0 Å². The molecule has 0 saturated carbocycles. The van der Waals surface area contributed by atoms with E-state index in [1.807, 2.05) is 26.0 Å². The lowest BCUT2D eigenvalue weighted by atomic mass is 9.94. The zero-order valence-corrected chi connectivity index (χ0v) is 17.1. The highest BCUT2D eigenvalue weighted by molar-refractivity contribution is 7.89. The van der Waals surface area contributed by atoms with Crippen molar-refractivity contribution in [3.05, 3.63) is 34.8 Å². The first kappa shape index (κ1) is 20.0. The van der Waals surface area contributed by atoms with E-state index in [9.17, 15) is 13.5 Å². The Hall–Kier alpha value is -1.77. The second kappa shape index (κ2) is 7.69. The molecule has 148 valence electrons. The van der Waals surface area contributed by atoms with Gasteiger partial charge in [0.2, 0.25) is 10.0 Å². The Labute approximate surface area is 160 Å². The van der Waals surface area contributed by atoms with E-state index >= 15 is 0 Å². The third kappa shape index (κ3) is 3.79. The summed E-state index contributed by atoms with van der Waals surface area (Å²) in [6.07, 6.45) is 1.69. The predicted molar refractivity (Wildman–Crippen MR) is 103 cm³/mol. The molecule has 7 nitrogen and oxygen atoms in total. The van der Waals surface area contributed by atoms with Crippen LogP contribution in [0.1, 0.15) is 55.3 Å². The minimum absolute atomic E-state index is 0.0271. The van der Waals surface area contributed by atoms with Gasteiger partial charge in [0.05, 0.1) is 28.8 Å². The molecule has 0 amide bonds. The van der Waals surface area contributed by atoms with Crippen molar-refractivity contribution in [1.82, 2.24) is 14.4 Å². The molecule has 1 saturated heterocycles. The van der Waals surface area contributed by atoms with Crippen LogP contribution in [0.25, 0.3) is 11.3 Å². The van der Waals surface area contributed by atoms with Crippen LogP contribution in [-0.4, -0.2) is 46.3 Å². The molecule has 0 radical (unpaired) electrons. The Morgan fingerprint density at radius 2 is 2.07 bits per heavy atom. The third-order valence-corrected chi connectivity index (χ3v) is 7.44. The maximum absolute atomic E-state index is 12.6. The van der Waals surface area contributed by atoms with Gasteiger partial charge in [0, 0.05) is 30.3 Å². The molecule has 1 fully saturated rings. The van der Waals surface area contributed by atoms with Crippen LogP contribution in [0.4, 0.5) is 0 Å². The minimum Gasteiger partial charge on any atom is -0.392 e. The summed E-state index contributed by atoms with van der Waals surface area (Å²) in [6, 6.07) is 3.75. The number of aliphatic hydroxyl groups is 1. The van der Waals surface area contributed by atoms with Crippen molar-refractivity contribution in [2.75, 3.05) is 13.1 Å². The molecular weight excluding hydrogens is 366 g/mol. The molecule has 1 aliphatic rings. The number of rotatable bonds is 5. The van der Waals surface area contributed by atoms with Crippen LogP contribution < -0.4 is 0 Å². The summed E-state index contributed by atoms with van der Waals surface area (Å²) in [6.45, 7) is 7.95. The standard InChI is InChI=1S/C19H27N3O4S/c1-12(2)27(24,25)22-9-5-6-15(10-22)17-8-7-16(11-23)19(20-17)18-13(3)21-26-14(18)4/h7-8,12,15,23H,5-6,9-11H2,1-4H3. The summed E-state index contributed by atoms with van der Waals surface area (Å²) in [5, 5.41) is 13.3. The van der Waals surface area contributed by atoms with Gasteiger partial charge in [0.25, 0.3) is 0 Å². The minimum atomic E-state index is -3.28. The molecule has 8 heteroatoms. The van der Waals surface area contributed by atoms with Crippen molar-refractivity contribution >= 4 is 10.0 Å². The molecule has 1 N–H and O–H groups in total. The van der Waals surface area contributed by atoms with Gasteiger partial charge in [-0.3, -0.25) is 4.98 Å². The number of hydrogen-bond donors (Lipinski definition) is 1. The number of nitrogens with zero attached hydrogens (tertiary/aromatic N) is 3. The average molecular weight is 394 g/mol. The molecule has 3 rings (SSSR count). The molecule has 0 aromatic carbocycles. The van der Waals surface area contributed by atoms with Crippen molar-refractivity contribution in [2.24, 2.45) is 0 Å². The molecule has 0 aliphatic carbocycles. The van der Waals surface area contributed by atoms with E-state index in [0.717, 1.165) is 29.8 Å². The predicted octanol–water partition coefficient (Wildman–Crippen LogP) is 2.76. The maximum Gasteiger partial charge on any atom is 0.216 e. The van der Waals surface area contributed by atoms with Gasteiger partial charge >= 0.3 is 0 Å². The van der Waals surface area contributed by atoms with Crippen molar-refractivity contribution in [2.45, 2.75) is 58.3 Å². The second-order valence-electron chi connectivity index (χ2n) is 7.39. The molecule has 1 unspecified atom stereocenters. The lowest BCUT2D eigenvalue weighted by Gasteiger charge is -2.33. The quantitative estimate of drug-likeness (QED) is 0.839. The maximum atomic E-state index is 12.6. The fraction of sp³-hybridized carbons (Fsp3) is 0.579. The molecule has 1 aliphatic heterocycles. The van der Waals surface area contributed by atoms with E-state index in [4.69, 9.17) is 9.51 Å². The Morgan fingerprint density at radius 3 is 2.67 bits per heavy atom. The van der Waals surface area contributed by atoms with Crippen molar-refractivity contribution < 1.29 is 18.0 Å². The zero-order chi connectivity index (χ0) is 19.8. The molecule has 0 spiro atoms. The summed E-state index contributed by atoms with van der Waals surface area (Å²) >= 11 is 0. The molecular formula is C19H27N3O4S. The van der Waals surface area contributed by atoms with Gasteiger partial charge in [0.1, 0.15) is 5.76 Å². The molecule has 27 heavy (non-hydrogen) atoms. The number of sulfonamides is 1. The summed E-state index contributed by atoms with van der Waals surface area (Å²) in [7, 11) is -3.28. The first-order chi connectivity index (χ1) is 12.8. The Kier molecular flexibility index (Phi) is 5.69. The number of aromatic nitrogens is 2. The van der Waals surface area contributed by atoms with Gasteiger partial charge in [-0.05, 0) is 46.6 Å². The van der Waals surface area contributed by atoms with Gasteiger partial charge in [-0.2, -0.15) is 0 Å². The normalized spacial score (nSPS) is 19.0. The highest BCUT2D eigenvalue weighted by Gasteiger charge is 2.32. The van der Waals surface area contributed by atoms with E-state index < -0.39 is 15.3 Å². The Morgan fingerprint density at radius 1 is 1.33 bits per heavy atom. The van der Waals surface area contributed by atoms with E-state index in [1.165, 1.54) is 0 Å². The van der Waals surface area contributed by atoms with Gasteiger partial charge in [-0.1, -0.05) is 11.2 Å². The van der Waals surface area contributed by atoms with Crippen LogP contribution >= 0.6 is 0 Å². The largest absolute Gasteiger partial charge is 0.392 e. The zero-order valence-electron chi connectivity index (χ0n) is 16.3. The van der Waals surface area contributed by atoms with Gasteiger partial charge in [0.15, 0.2) is 0 Å². The molecule has 1 atom stereocenters. The van der Waals surface area contributed by atoms with Gasteiger partial charge < -0.3 is 9.63 Å². The summed E-state index contributed by atoms with van der Waals surface area (Å²) in [5.74, 6) is 0.679. The highest BCUT2D eigenvalue weighted by Crippen LogP contribution is 2.33. The average Bonchev–Trinajstić information content (AvgIpc) is 2.99. The van der Waals surface area contributed by atoms with Gasteiger partial charge in [-0.15, -0.1) is 0 Å². The number of piperidine rings is 1. The number of pyridine rings is 1. The number of aryl methyl sites for hydroxylation is 2. The Bertz CT molecular complexity index is 902. The summed E-state index contributed by atoms with van der Waals surface area (Å²) in [4.78, 5) is 4.81. The molecule has 0 bridgehead atoms. The van der Waals surface area contributed by atoms with Crippen LogP contribution in [0, 0.1) is 13.8 Å². The first-order valence-electron chi connectivity index (χ1n) is 9.28. The van der Waals surface area contributed by atoms with E-state index in [0.29, 0.717) is 30.1 Å². The van der Waals surface area contributed by atoms with Gasteiger partial charge in [-0.25, -0.2) is 12.7 Å². The smallest absolute Gasteiger partial charge is 0.216 e. The van der Waals surface area contributed by atoms with Crippen LogP contribution in [0.2, 0.25) is 0 Å². The van der Waals surface area contributed by atoms with Crippen LogP contribution in [0.15, 0.2) is 16.7 Å². The summed E-state index contributed by atoms with van der Waals surface area (Å²) in [5.41, 5.74) is 3.72. The lowest BCUT2D eigenvalue weighted by Crippen LogP contribution is -2.42. The SMILES string of the molecule is Cc1noc(C)c1-c1nc(C2CCCN(S(=O)(=O)C(C)C)C2)ccc1CO. The van der Waals surface area contributed by atoms with Crippen LogP contribution in [0.3, 0.4) is 0 Å². The van der Waals surface area contributed by atoms with Crippen molar-refractivity contribution in [1.29, 1.82) is 0 Å². The van der Waals surface area contributed by atoms with Crippen LogP contribution in [0.5, 0.6) is 0 Å². The fourth-order valence-corrected chi connectivity index (χ4v) is 4.98. The fourth-order valence-electron chi connectivity index (χ4n) is 3.61. The lowest BCUT2D eigenvalue weighted by molar-refractivity contribution is 0.281. The monoisotopic (exact) mass is 393 g/mol. The van der Waals surface area contributed by atoms with Crippen LogP contribution in [-0.2, 0) is 16.6 Å². The topological polar surface area (TPSA) is 96.5 Å². The number of hydrogen-bond acceptors (Lipinski definition) is 6.